The minimum atomic E-state index is -0.892. The van der Waals surface area contributed by atoms with Gasteiger partial charge in [0.15, 0.2) is 0 Å². The van der Waals surface area contributed by atoms with Crippen LogP contribution in [0.1, 0.15) is 35.1 Å². The molecule has 5 atom stereocenters. The van der Waals surface area contributed by atoms with Crippen LogP contribution in [0.5, 0.6) is 0 Å². The molecule has 0 radical (unpaired) electrons. The molecule has 0 unspecified atom stereocenters. The Morgan fingerprint density at radius 3 is 1.36 bits per heavy atom. The Hall–Kier alpha value is -3.85. The molecule has 0 aromatic heterocycles. The van der Waals surface area contributed by atoms with Gasteiger partial charge in [-0.1, -0.05) is 121 Å². The third-order valence-electron chi connectivity index (χ3n) is 7.62. The molecule has 4 aromatic carbocycles. The highest BCUT2D eigenvalue weighted by Crippen LogP contribution is 2.33. The van der Waals surface area contributed by atoms with Crippen LogP contribution in [0.25, 0.3) is 0 Å². The van der Waals surface area contributed by atoms with Crippen molar-refractivity contribution >= 4 is 5.97 Å². The fourth-order valence-corrected chi connectivity index (χ4v) is 5.38. The summed E-state index contributed by atoms with van der Waals surface area (Å²) in [6.07, 6.45) is -2.54. The molecule has 0 aliphatic carbocycles. The van der Waals surface area contributed by atoms with Crippen molar-refractivity contribution in [1.29, 1.82) is 0 Å². The van der Waals surface area contributed by atoms with Crippen molar-refractivity contribution in [2.24, 2.45) is 0 Å². The highest BCUT2D eigenvalue weighted by Gasteiger charge is 2.48. The van der Waals surface area contributed by atoms with Crippen LogP contribution in [0.15, 0.2) is 121 Å². The fraction of sp³-hybridized carbons (Fsp3) is 0.324. The van der Waals surface area contributed by atoms with Crippen molar-refractivity contribution in [2.75, 3.05) is 6.61 Å². The first-order valence-electron chi connectivity index (χ1n) is 15.1. The quantitative estimate of drug-likeness (QED) is 0.156. The number of aliphatic carboxylic acids is 1. The second-order valence-electron chi connectivity index (χ2n) is 10.9. The number of rotatable bonds is 16. The lowest BCUT2D eigenvalue weighted by atomic mass is 9.91. The molecular weight excluding hydrogens is 556 g/mol. The zero-order valence-electron chi connectivity index (χ0n) is 24.8. The van der Waals surface area contributed by atoms with E-state index in [1.165, 1.54) is 0 Å². The van der Waals surface area contributed by atoms with E-state index >= 15 is 0 Å². The van der Waals surface area contributed by atoms with E-state index in [2.05, 4.69) is 0 Å². The Kier molecular flexibility index (Phi) is 12.1. The molecule has 7 heteroatoms. The Morgan fingerprint density at radius 1 is 0.545 bits per heavy atom. The van der Waals surface area contributed by atoms with Crippen LogP contribution in [0.2, 0.25) is 0 Å². The van der Waals surface area contributed by atoms with Gasteiger partial charge in [0.25, 0.3) is 0 Å². The molecule has 0 amide bonds. The first kappa shape index (κ1) is 31.6. The van der Waals surface area contributed by atoms with Gasteiger partial charge in [0.1, 0.15) is 24.4 Å². The summed E-state index contributed by atoms with van der Waals surface area (Å²) in [6, 6.07) is 39.8. The van der Waals surface area contributed by atoms with E-state index in [0.29, 0.717) is 26.4 Å². The molecular formula is C37H40O7. The molecule has 1 aliphatic rings. The zero-order valence-corrected chi connectivity index (χ0v) is 24.8. The van der Waals surface area contributed by atoms with Crippen molar-refractivity contribution in [3.8, 4) is 0 Å². The molecule has 7 nitrogen and oxygen atoms in total. The maximum Gasteiger partial charge on any atom is 0.303 e. The summed E-state index contributed by atoms with van der Waals surface area (Å²) in [6.45, 7) is 1.67. The van der Waals surface area contributed by atoms with E-state index in [9.17, 15) is 9.90 Å². The van der Waals surface area contributed by atoms with Crippen LogP contribution in [-0.4, -0.2) is 48.2 Å². The van der Waals surface area contributed by atoms with Crippen LogP contribution in [0.4, 0.5) is 0 Å². The van der Waals surface area contributed by atoms with Crippen molar-refractivity contribution in [3.63, 3.8) is 0 Å². The van der Waals surface area contributed by atoms with Gasteiger partial charge in [-0.05, 0) is 28.7 Å². The number of hydrogen-bond donors (Lipinski definition) is 1. The Morgan fingerprint density at radius 2 is 0.932 bits per heavy atom. The summed E-state index contributed by atoms with van der Waals surface area (Å²) in [5.74, 6) is -0.892. The van der Waals surface area contributed by atoms with E-state index in [-0.39, 0.29) is 19.4 Å². The maximum absolute atomic E-state index is 11.7. The van der Waals surface area contributed by atoms with Gasteiger partial charge >= 0.3 is 5.97 Å². The van der Waals surface area contributed by atoms with E-state index in [1.54, 1.807) is 0 Å². The van der Waals surface area contributed by atoms with Gasteiger partial charge in [-0.2, -0.15) is 0 Å². The van der Waals surface area contributed by atoms with Crippen LogP contribution in [0, 0.1) is 0 Å². The predicted octanol–water partition coefficient (Wildman–Crippen LogP) is 6.59. The Balaban J connectivity index is 1.42. The summed E-state index contributed by atoms with van der Waals surface area (Å²) < 4.78 is 32.7. The number of benzene rings is 4. The summed E-state index contributed by atoms with van der Waals surface area (Å²) in [5, 5.41) is 9.57. The van der Waals surface area contributed by atoms with E-state index < -0.39 is 36.5 Å². The van der Waals surface area contributed by atoms with Gasteiger partial charge < -0.3 is 28.8 Å². The second-order valence-corrected chi connectivity index (χ2v) is 10.9. The van der Waals surface area contributed by atoms with E-state index in [1.807, 2.05) is 121 Å². The lowest BCUT2D eigenvalue weighted by molar-refractivity contribution is -0.273. The highest BCUT2D eigenvalue weighted by molar-refractivity contribution is 5.66. The summed E-state index contributed by atoms with van der Waals surface area (Å²) in [5.41, 5.74) is 4.09. The Bertz CT molecular complexity index is 1370. The van der Waals surface area contributed by atoms with Gasteiger partial charge in [-0.25, -0.2) is 0 Å². The number of carboxylic acid groups (broad SMARTS) is 1. The third-order valence-corrected chi connectivity index (χ3v) is 7.62. The Labute approximate surface area is 259 Å². The van der Waals surface area contributed by atoms with Gasteiger partial charge in [-0.3, -0.25) is 4.79 Å². The highest BCUT2D eigenvalue weighted by atomic mass is 16.6. The first-order valence-corrected chi connectivity index (χ1v) is 15.1. The smallest absolute Gasteiger partial charge is 0.303 e. The number of hydrogen-bond acceptors (Lipinski definition) is 6. The average Bonchev–Trinajstić information content (AvgIpc) is 3.07. The maximum atomic E-state index is 11.7. The topological polar surface area (TPSA) is 83.5 Å². The number of carboxylic acids is 1. The van der Waals surface area contributed by atoms with Crippen LogP contribution < -0.4 is 0 Å². The largest absolute Gasteiger partial charge is 0.481 e. The second kappa shape index (κ2) is 16.9. The number of carbonyl (C=O) groups is 1. The molecule has 1 heterocycles. The van der Waals surface area contributed by atoms with Crippen LogP contribution in [-0.2, 0) is 54.9 Å². The molecule has 5 rings (SSSR count). The molecule has 1 N–H and O–H groups in total. The fourth-order valence-electron chi connectivity index (χ4n) is 5.38. The normalized spacial score (nSPS) is 21.6. The molecule has 1 fully saturated rings. The summed E-state index contributed by atoms with van der Waals surface area (Å²) >= 11 is 0. The van der Waals surface area contributed by atoms with Crippen molar-refractivity contribution in [1.82, 2.24) is 0 Å². The third kappa shape index (κ3) is 9.58. The van der Waals surface area contributed by atoms with Crippen molar-refractivity contribution in [2.45, 2.75) is 69.8 Å². The molecule has 230 valence electrons. The van der Waals surface area contributed by atoms with Gasteiger partial charge in [0, 0.05) is 6.42 Å². The standard InChI is InChI=1S/C37H40O7/c38-34(39)22-21-32-35(41-24-29-15-7-2-8-16-29)37(43-26-31-19-11-4-12-20-31)36(42-25-30-17-9-3-10-18-30)33(44-32)27-40-23-28-13-5-1-6-14-28/h1-20,32-33,35-37H,21-27H2,(H,38,39)/t32-,33+,35-,36-,37+/m0/s1. The number of ether oxygens (including phenoxy) is 5. The van der Waals surface area contributed by atoms with Gasteiger partial charge in [0.05, 0.1) is 39.1 Å². The lowest BCUT2D eigenvalue weighted by Gasteiger charge is -2.46. The molecule has 0 bridgehead atoms. The molecule has 0 saturated carbocycles. The zero-order chi connectivity index (χ0) is 30.4. The SMILES string of the molecule is O=C(O)CC[C@@H]1O[C@H](COCc2ccccc2)[C@H](OCc2ccccc2)[C@H](OCc2ccccc2)[C@H]1OCc1ccccc1. The van der Waals surface area contributed by atoms with E-state index in [0.717, 1.165) is 22.3 Å². The van der Waals surface area contributed by atoms with Crippen LogP contribution in [0.3, 0.4) is 0 Å². The van der Waals surface area contributed by atoms with Crippen molar-refractivity contribution < 1.29 is 33.6 Å². The monoisotopic (exact) mass is 596 g/mol. The van der Waals surface area contributed by atoms with E-state index in [4.69, 9.17) is 23.7 Å². The summed E-state index contributed by atoms with van der Waals surface area (Å²) in [7, 11) is 0. The first-order chi connectivity index (χ1) is 21.7. The predicted molar refractivity (Wildman–Crippen MR) is 167 cm³/mol. The molecule has 1 aliphatic heterocycles. The average molecular weight is 597 g/mol. The van der Waals surface area contributed by atoms with Gasteiger partial charge in [-0.15, -0.1) is 0 Å². The minimum Gasteiger partial charge on any atom is -0.481 e. The van der Waals surface area contributed by atoms with Crippen molar-refractivity contribution in [3.05, 3.63) is 144 Å². The van der Waals surface area contributed by atoms with Crippen LogP contribution >= 0.6 is 0 Å². The summed E-state index contributed by atoms with van der Waals surface area (Å²) in [4.78, 5) is 11.7. The minimum absolute atomic E-state index is 0.0611. The van der Waals surface area contributed by atoms with Gasteiger partial charge in [0.2, 0.25) is 0 Å². The molecule has 4 aromatic rings. The lowest BCUT2D eigenvalue weighted by Crippen LogP contribution is -2.61. The molecule has 1 saturated heterocycles. The molecule has 0 spiro atoms. The molecule has 44 heavy (non-hydrogen) atoms.